The zero-order valence-electron chi connectivity index (χ0n) is 16.0. The van der Waals surface area contributed by atoms with Crippen LogP contribution in [0.5, 0.6) is 5.75 Å². The van der Waals surface area contributed by atoms with Gasteiger partial charge in [-0.15, -0.1) is 11.3 Å². The summed E-state index contributed by atoms with van der Waals surface area (Å²) >= 11 is 1.45. The Bertz CT molecular complexity index is 1030. The Morgan fingerprint density at radius 1 is 1.03 bits per heavy atom. The highest BCUT2D eigenvalue weighted by Crippen LogP contribution is 2.26. The number of ether oxygens (including phenoxy) is 1. The zero-order chi connectivity index (χ0) is 20.2. The predicted octanol–water partition coefficient (Wildman–Crippen LogP) is 4.60. The maximum absolute atomic E-state index is 12.6. The fraction of sp³-hybridized carbons (Fsp3) is 0.182. The SMILES string of the molecule is COc1ccccc1NC(=O)Nc1ccc2c(c1)CN(C(=O)c1cccs1)CC2. The number of carbonyl (C=O) groups is 2. The minimum absolute atomic E-state index is 0.0536. The molecule has 0 bridgehead atoms. The van der Waals surface area contributed by atoms with Crippen molar-refractivity contribution in [2.24, 2.45) is 0 Å². The predicted molar refractivity (Wildman–Crippen MR) is 115 cm³/mol. The second-order valence-corrected chi connectivity index (χ2v) is 7.66. The molecule has 0 radical (unpaired) electrons. The van der Waals surface area contributed by atoms with E-state index in [1.807, 2.05) is 52.7 Å². The van der Waals surface area contributed by atoms with Crippen LogP contribution in [0.3, 0.4) is 0 Å². The average Bonchev–Trinajstić information content (AvgIpc) is 3.28. The normalized spacial score (nSPS) is 12.8. The van der Waals surface area contributed by atoms with E-state index in [4.69, 9.17) is 4.74 Å². The number of hydrogen-bond acceptors (Lipinski definition) is 4. The topological polar surface area (TPSA) is 70.7 Å². The summed E-state index contributed by atoms with van der Waals surface area (Å²) in [5.41, 5.74) is 3.53. The van der Waals surface area contributed by atoms with Crippen LogP contribution in [-0.4, -0.2) is 30.5 Å². The molecule has 2 aromatic carbocycles. The number of anilines is 2. The Kier molecular flexibility index (Phi) is 5.48. The van der Waals surface area contributed by atoms with Gasteiger partial charge < -0.3 is 20.3 Å². The number of methoxy groups -OCH3 is 1. The second-order valence-electron chi connectivity index (χ2n) is 6.72. The summed E-state index contributed by atoms with van der Waals surface area (Å²) in [6.45, 7) is 1.24. The fourth-order valence-electron chi connectivity index (χ4n) is 3.40. The van der Waals surface area contributed by atoms with Crippen molar-refractivity contribution in [2.45, 2.75) is 13.0 Å². The number of para-hydroxylation sites is 2. The van der Waals surface area contributed by atoms with Crippen molar-refractivity contribution in [3.63, 3.8) is 0 Å². The molecule has 0 saturated carbocycles. The third-order valence-corrected chi connectivity index (χ3v) is 5.71. The molecular formula is C22H21N3O3S. The van der Waals surface area contributed by atoms with Gasteiger partial charge in [0.15, 0.2) is 0 Å². The number of amides is 3. The Balaban J connectivity index is 1.45. The third-order valence-electron chi connectivity index (χ3n) is 4.85. The minimum atomic E-state index is -0.350. The van der Waals surface area contributed by atoms with E-state index in [1.165, 1.54) is 16.9 Å². The first kappa shape index (κ1) is 19.0. The van der Waals surface area contributed by atoms with E-state index in [0.717, 1.165) is 16.9 Å². The minimum Gasteiger partial charge on any atom is -0.495 e. The number of hydrogen-bond donors (Lipinski definition) is 2. The Labute approximate surface area is 173 Å². The number of nitrogens with zero attached hydrogens (tertiary/aromatic N) is 1. The summed E-state index contributed by atoms with van der Waals surface area (Å²) in [4.78, 5) is 27.6. The molecular weight excluding hydrogens is 386 g/mol. The number of fused-ring (bicyclic) bond motifs is 1. The molecule has 4 rings (SSSR count). The molecule has 3 amide bonds. The largest absolute Gasteiger partial charge is 0.495 e. The highest BCUT2D eigenvalue weighted by atomic mass is 32.1. The molecule has 0 aliphatic carbocycles. The molecule has 2 heterocycles. The number of nitrogens with one attached hydrogen (secondary N) is 2. The lowest BCUT2D eigenvalue weighted by Crippen LogP contribution is -2.35. The van der Waals surface area contributed by atoms with Gasteiger partial charge in [-0.2, -0.15) is 0 Å². The van der Waals surface area contributed by atoms with E-state index in [9.17, 15) is 9.59 Å². The smallest absolute Gasteiger partial charge is 0.323 e. The van der Waals surface area contributed by atoms with E-state index in [-0.39, 0.29) is 11.9 Å². The number of thiophene rings is 1. The van der Waals surface area contributed by atoms with Crippen molar-refractivity contribution in [3.8, 4) is 5.75 Å². The quantitative estimate of drug-likeness (QED) is 0.664. The maximum atomic E-state index is 12.6. The summed E-state index contributed by atoms with van der Waals surface area (Å²) < 4.78 is 5.26. The fourth-order valence-corrected chi connectivity index (χ4v) is 4.09. The van der Waals surface area contributed by atoms with Crippen molar-refractivity contribution < 1.29 is 14.3 Å². The number of benzene rings is 2. The van der Waals surface area contributed by atoms with Crippen LogP contribution in [0.1, 0.15) is 20.8 Å². The summed E-state index contributed by atoms with van der Waals surface area (Å²) in [5.74, 6) is 0.647. The van der Waals surface area contributed by atoms with Crippen LogP contribution in [0.15, 0.2) is 60.0 Å². The summed E-state index contributed by atoms with van der Waals surface area (Å²) in [5, 5.41) is 7.56. The third kappa shape index (κ3) is 4.25. The Morgan fingerprint density at radius 3 is 2.69 bits per heavy atom. The van der Waals surface area contributed by atoms with E-state index in [1.54, 1.807) is 19.2 Å². The van der Waals surface area contributed by atoms with Crippen molar-refractivity contribution in [2.75, 3.05) is 24.3 Å². The highest BCUT2D eigenvalue weighted by molar-refractivity contribution is 7.12. The van der Waals surface area contributed by atoms with Gasteiger partial charge in [-0.1, -0.05) is 24.3 Å². The van der Waals surface area contributed by atoms with Crippen LogP contribution in [0.4, 0.5) is 16.2 Å². The molecule has 1 aromatic heterocycles. The Morgan fingerprint density at radius 2 is 1.90 bits per heavy atom. The van der Waals surface area contributed by atoms with Crippen molar-refractivity contribution in [1.29, 1.82) is 0 Å². The van der Waals surface area contributed by atoms with Crippen LogP contribution in [0.2, 0.25) is 0 Å². The van der Waals surface area contributed by atoms with Gasteiger partial charge in [0.2, 0.25) is 0 Å². The first-order valence-corrected chi connectivity index (χ1v) is 10.2. The molecule has 2 N–H and O–H groups in total. The standard InChI is InChI=1S/C22H21N3O3S/c1-28-19-6-3-2-5-18(19)24-22(27)23-17-9-8-15-10-11-25(14-16(15)13-17)21(26)20-7-4-12-29-20/h2-9,12-13H,10-11,14H2,1H3,(H2,23,24,27). The van der Waals surface area contributed by atoms with Crippen LogP contribution in [-0.2, 0) is 13.0 Å². The summed E-state index contributed by atoms with van der Waals surface area (Å²) in [6.07, 6.45) is 0.806. The van der Waals surface area contributed by atoms with Gasteiger partial charge >= 0.3 is 6.03 Å². The highest BCUT2D eigenvalue weighted by Gasteiger charge is 2.22. The van der Waals surface area contributed by atoms with E-state index >= 15 is 0 Å². The van der Waals surface area contributed by atoms with Crippen LogP contribution < -0.4 is 15.4 Å². The van der Waals surface area contributed by atoms with Gasteiger partial charge in [-0.3, -0.25) is 4.79 Å². The van der Waals surface area contributed by atoms with E-state index in [2.05, 4.69) is 10.6 Å². The molecule has 0 saturated heterocycles. The zero-order valence-corrected chi connectivity index (χ0v) is 16.8. The summed E-state index contributed by atoms with van der Waals surface area (Å²) in [7, 11) is 1.56. The molecule has 0 spiro atoms. The van der Waals surface area contributed by atoms with Gasteiger partial charge in [-0.25, -0.2) is 4.79 Å². The lowest BCUT2D eigenvalue weighted by Gasteiger charge is -2.29. The van der Waals surface area contributed by atoms with Crippen LogP contribution in [0, 0.1) is 0 Å². The maximum Gasteiger partial charge on any atom is 0.323 e. The van der Waals surface area contributed by atoms with Crippen LogP contribution in [0.25, 0.3) is 0 Å². The van der Waals surface area contributed by atoms with E-state index in [0.29, 0.717) is 30.2 Å². The lowest BCUT2D eigenvalue weighted by molar-refractivity contribution is 0.0739. The lowest BCUT2D eigenvalue weighted by atomic mass is 9.99. The molecule has 29 heavy (non-hydrogen) atoms. The molecule has 0 unspecified atom stereocenters. The first-order chi connectivity index (χ1) is 14.1. The van der Waals surface area contributed by atoms with E-state index < -0.39 is 0 Å². The molecule has 3 aromatic rings. The molecule has 6 nitrogen and oxygen atoms in total. The van der Waals surface area contributed by atoms with Gasteiger partial charge in [0, 0.05) is 18.8 Å². The van der Waals surface area contributed by atoms with Gasteiger partial charge in [0.25, 0.3) is 5.91 Å². The molecule has 1 aliphatic rings. The molecule has 148 valence electrons. The first-order valence-electron chi connectivity index (χ1n) is 9.29. The molecule has 0 fully saturated rings. The molecule has 1 aliphatic heterocycles. The monoisotopic (exact) mass is 407 g/mol. The number of urea groups is 1. The van der Waals surface area contributed by atoms with Crippen molar-refractivity contribution in [1.82, 2.24) is 4.90 Å². The molecule has 7 heteroatoms. The van der Waals surface area contributed by atoms with Gasteiger partial charge in [0.1, 0.15) is 5.75 Å². The average molecular weight is 407 g/mol. The second kappa shape index (κ2) is 8.36. The van der Waals surface area contributed by atoms with Gasteiger partial charge in [0.05, 0.1) is 17.7 Å². The number of carbonyl (C=O) groups excluding carboxylic acids is 2. The molecule has 0 atom stereocenters. The van der Waals surface area contributed by atoms with Crippen molar-refractivity contribution in [3.05, 3.63) is 76.0 Å². The Hall–Kier alpha value is -3.32. The van der Waals surface area contributed by atoms with Crippen molar-refractivity contribution >= 4 is 34.6 Å². The summed E-state index contributed by atoms with van der Waals surface area (Å²) in [6, 6.07) is 16.5. The number of rotatable bonds is 4. The van der Waals surface area contributed by atoms with Crippen LogP contribution >= 0.6 is 11.3 Å². The van der Waals surface area contributed by atoms with Gasteiger partial charge in [-0.05, 0) is 53.3 Å².